The fourth-order valence-corrected chi connectivity index (χ4v) is 1.37. The van der Waals surface area contributed by atoms with Gasteiger partial charge in [0.15, 0.2) is 0 Å². The fourth-order valence-electron chi connectivity index (χ4n) is 1.37. The van der Waals surface area contributed by atoms with Crippen LogP contribution in [-0.2, 0) is 6.42 Å². The number of rotatable bonds is 2. The fraction of sp³-hybridized carbons (Fsp3) is 0.0833. The molecule has 0 aliphatic heterocycles. The van der Waals surface area contributed by atoms with Crippen LogP contribution < -0.4 is 0 Å². The molecule has 0 aliphatic carbocycles. The summed E-state index contributed by atoms with van der Waals surface area (Å²) >= 11 is 0. The van der Waals surface area contributed by atoms with Crippen LogP contribution in [0.25, 0.3) is 10.9 Å². The summed E-state index contributed by atoms with van der Waals surface area (Å²) in [5, 5.41) is 1.19. The van der Waals surface area contributed by atoms with Gasteiger partial charge in [-0.05, 0) is 12.1 Å². The summed E-state index contributed by atoms with van der Waals surface area (Å²) < 4.78 is 0. The van der Waals surface area contributed by atoms with Gasteiger partial charge < -0.3 is 0 Å². The summed E-state index contributed by atoms with van der Waals surface area (Å²) in [6.45, 7) is 3.70. The van der Waals surface area contributed by atoms with Crippen molar-refractivity contribution in [2.75, 3.05) is 0 Å². The van der Waals surface area contributed by atoms with E-state index in [4.69, 9.17) is 0 Å². The molecular weight excluding hydrogens is 238 g/mol. The zero-order chi connectivity index (χ0) is 9.10. The lowest BCUT2D eigenvalue weighted by atomic mass is 10.2. The van der Waals surface area contributed by atoms with E-state index < -0.39 is 0 Å². The lowest BCUT2D eigenvalue weighted by Gasteiger charge is -1.99. The number of fused-ring (bicyclic) bond motifs is 1. The van der Waals surface area contributed by atoms with Crippen LogP contribution in [-0.4, -0.2) is 4.98 Å². The maximum atomic E-state index is 4.49. The Bertz CT molecular complexity index is 437. The van der Waals surface area contributed by atoms with Gasteiger partial charge in [0.25, 0.3) is 0 Å². The number of pyridine rings is 1. The molecule has 0 amide bonds. The van der Waals surface area contributed by atoms with Crippen LogP contribution in [0, 0.1) is 0 Å². The van der Waals surface area contributed by atoms with Crippen molar-refractivity contribution < 1.29 is 0 Å². The molecule has 0 fully saturated rings. The maximum absolute atomic E-state index is 4.49. The quantitative estimate of drug-likeness (QED) is 0.743. The molecule has 0 spiro atoms. The Morgan fingerprint density at radius 3 is 2.71 bits per heavy atom. The summed E-state index contributed by atoms with van der Waals surface area (Å²) in [6, 6.07) is 12.3. The molecule has 2 heteroatoms. The van der Waals surface area contributed by atoms with Gasteiger partial charge in [-0.25, -0.2) is 0 Å². The SMILES string of the molecule is Br.C=CCc1ccc2ccccc2n1. The van der Waals surface area contributed by atoms with Gasteiger partial charge >= 0.3 is 0 Å². The average Bonchev–Trinajstić information content (AvgIpc) is 2.18. The van der Waals surface area contributed by atoms with Gasteiger partial charge in [0, 0.05) is 17.5 Å². The van der Waals surface area contributed by atoms with Crippen LogP contribution in [0.1, 0.15) is 5.69 Å². The predicted molar refractivity (Wildman–Crippen MR) is 66.0 cm³/mol. The third kappa shape index (κ3) is 2.20. The summed E-state index contributed by atoms with van der Waals surface area (Å²) in [5.41, 5.74) is 2.13. The lowest BCUT2D eigenvalue weighted by molar-refractivity contribution is 1.15. The van der Waals surface area contributed by atoms with E-state index in [2.05, 4.69) is 23.7 Å². The molecule has 0 saturated carbocycles. The molecular formula is C12H12BrN. The first-order valence-corrected chi connectivity index (χ1v) is 4.36. The van der Waals surface area contributed by atoms with E-state index >= 15 is 0 Å². The molecule has 0 aliphatic rings. The number of allylic oxidation sites excluding steroid dienone is 1. The summed E-state index contributed by atoms with van der Waals surface area (Å²) in [5.74, 6) is 0. The standard InChI is InChI=1S/C12H11N.BrH/c1-2-5-11-9-8-10-6-3-4-7-12(10)13-11;/h2-4,6-9H,1,5H2;1H. The van der Waals surface area contributed by atoms with Crippen LogP contribution in [0.2, 0.25) is 0 Å². The number of para-hydroxylation sites is 1. The van der Waals surface area contributed by atoms with Gasteiger partial charge in [0.1, 0.15) is 0 Å². The van der Waals surface area contributed by atoms with E-state index in [0.717, 1.165) is 17.6 Å². The Morgan fingerprint density at radius 1 is 1.14 bits per heavy atom. The zero-order valence-electron chi connectivity index (χ0n) is 7.81. The summed E-state index contributed by atoms with van der Waals surface area (Å²) in [4.78, 5) is 4.49. The molecule has 2 aromatic rings. The molecule has 1 heterocycles. The second-order valence-electron chi connectivity index (χ2n) is 2.99. The Hall–Kier alpha value is -1.15. The van der Waals surface area contributed by atoms with Crippen molar-refractivity contribution in [2.45, 2.75) is 6.42 Å². The van der Waals surface area contributed by atoms with Gasteiger partial charge in [-0.2, -0.15) is 0 Å². The van der Waals surface area contributed by atoms with Crippen molar-refractivity contribution >= 4 is 27.9 Å². The third-order valence-electron chi connectivity index (χ3n) is 2.01. The topological polar surface area (TPSA) is 12.9 Å². The minimum Gasteiger partial charge on any atom is -0.253 e. The van der Waals surface area contributed by atoms with Crippen molar-refractivity contribution in [2.24, 2.45) is 0 Å². The summed E-state index contributed by atoms with van der Waals surface area (Å²) in [7, 11) is 0. The number of halogens is 1. The van der Waals surface area contributed by atoms with Crippen LogP contribution in [0.4, 0.5) is 0 Å². The molecule has 2 rings (SSSR count). The van der Waals surface area contributed by atoms with Crippen molar-refractivity contribution in [3.8, 4) is 0 Å². The van der Waals surface area contributed by atoms with E-state index in [0.29, 0.717) is 0 Å². The Balaban J connectivity index is 0.000000980. The first-order chi connectivity index (χ1) is 6.40. The van der Waals surface area contributed by atoms with E-state index in [9.17, 15) is 0 Å². The van der Waals surface area contributed by atoms with Crippen LogP contribution in [0.3, 0.4) is 0 Å². The minimum atomic E-state index is 0. The number of hydrogen-bond acceptors (Lipinski definition) is 1. The predicted octanol–water partition coefficient (Wildman–Crippen LogP) is 3.54. The monoisotopic (exact) mass is 249 g/mol. The molecule has 0 N–H and O–H groups in total. The van der Waals surface area contributed by atoms with Crippen molar-refractivity contribution in [3.63, 3.8) is 0 Å². The molecule has 1 aromatic carbocycles. The highest BCUT2D eigenvalue weighted by molar-refractivity contribution is 8.93. The van der Waals surface area contributed by atoms with Crippen molar-refractivity contribution in [3.05, 3.63) is 54.7 Å². The highest BCUT2D eigenvalue weighted by atomic mass is 79.9. The molecule has 1 aromatic heterocycles. The van der Waals surface area contributed by atoms with E-state index in [1.165, 1.54) is 5.39 Å². The molecule has 0 atom stereocenters. The number of nitrogens with zero attached hydrogens (tertiary/aromatic N) is 1. The molecule has 0 saturated heterocycles. The van der Waals surface area contributed by atoms with Gasteiger partial charge in [-0.3, -0.25) is 4.98 Å². The molecule has 72 valence electrons. The van der Waals surface area contributed by atoms with Crippen molar-refractivity contribution in [1.29, 1.82) is 0 Å². The van der Waals surface area contributed by atoms with Crippen LogP contribution >= 0.6 is 17.0 Å². The number of hydrogen-bond donors (Lipinski definition) is 0. The summed E-state index contributed by atoms with van der Waals surface area (Å²) in [6.07, 6.45) is 2.71. The molecule has 1 nitrogen and oxygen atoms in total. The maximum Gasteiger partial charge on any atom is 0.0705 e. The zero-order valence-corrected chi connectivity index (χ0v) is 9.52. The first-order valence-electron chi connectivity index (χ1n) is 4.36. The first kappa shape index (κ1) is 10.9. The molecule has 0 bridgehead atoms. The molecule has 0 unspecified atom stereocenters. The Labute approximate surface area is 94.3 Å². The highest BCUT2D eigenvalue weighted by Crippen LogP contribution is 2.11. The van der Waals surface area contributed by atoms with Crippen LogP contribution in [0.5, 0.6) is 0 Å². The van der Waals surface area contributed by atoms with E-state index in [-0.39, 0.29) is 17.0 Å². The van der Waals surface area contributed by atoms with E-state index in [1.54, 1.807) is 0 Å². The van der Waals surface area contributed by atoms with Gasteiger partial charge in [0.2, 0.25) is 0 Å². The number of benzene rings is 1. The molecule has 0 radical (unpaired) electrons. The van der Waals surface area contributed by atoms with Gasteiger partial charge in [-0.1, -0.05) is 30.3 Å². The molecule has 14 heavy (non-hydrogen) atoms. The van der Waals surface area contributed by atoms with Gasteiger partial charge in [0.05, 0.1) is 5.52 Å². The smallest absolute Gasteiger partial charge is 0.0705 e. The third-order valence-corrected chi connectivity index (χ3v) is 2.01. The second kappa shape index (κ2) is 4.91. The lowest BCUT2D eigenvalue weighted by Crippen LogP contribution is -1.87. The Kier molecular flexibility index (Phi) is 3.84. The largest absolute Gasteiger partial charge is 0.253 e. The second-order valence-corrected chi connectivity index (χ2v) is 2.99. The average molecular weight is 250 g/mol. The van der Waals surface area contributed by atoms with Crippen LogP contribution in [0.15, 0.2) is 49.1 Å². The van der Waals surface area contributed by atoms with E-state index in [1.807, 2.05) is 30.3 Å². The normalized spacial score (nSPS) is 9.43. The Morgan fingerprint density at radius 2 is 1.93 bits per heavy atom. The van der Waals surface area contributed by atoms with Gasteiger partial charge in [-0.15, -0.1) is 23.6 Å². The number of aromatic nitrogens is 1. The minimum absolute atomic E-state index is 0. The highest BCUT2D eigenvalue weighted by Gasteiger charge is 1.94. The van der Waals surface area contributed by atoms with Crippen molar-refractivity contribution in [1.82, 2.24) is 4.98 Å².